The molecule has 1 N–H and O–H groups in total. The Kier molecular flexibility index (Phi) is 6.31. The maximum Gasteiger partial charge on any atom is 0.0900 e. The molecule has 2 atom stereocenters. The summed E-state index contributed by atoms with van der Waals surface area (Å²) >= 11 is 6.40. The molecule has 0 radical (unpaired) electrons. The van der Waals surface area contributed by atoms with E-state index < -0.39 is 0 Å². The molecule has 2 rings (SSSR count). The van der Waals surface area contributed by atoms with Crippen LogP contribution in [0.15, 0.2) is 12.3 Å². The second kappa shape index (κ2) is 8.00. The van der Waals surface area contributed by atoms with Crippen LogP contribution < -0.4 is 5.32 Å². The molecule has 4 heteroatoms. The normalized spacial score (nSPS) is 22.0. The van der Waals surface area contributed by atoms with Crippen LogP contribution in [-0.2, 0) is 11.3 Å². The third-order valence-corrected chi connectivity index (χ3v) is 4.72. The first-order chi connectivity index (χ1) is 10.1. The molecular weight excluding hydrogens is 284 g/mol. The number of rotatable bonds is 7. The Morgan fingerprint density at radius 2 is 2.24 bits per heavy atom. The highest BCUT2D eigenvalue weighted by molar-refractivity contribution is 6.33. The van der Waals surface area contributed by atoms with Gasteiger partial charge in [0.25, 0.3) is 0 Å². The summed E-state index contributed by atoms with van der Waals surface area (Å²) in [6.07, 6.45) is 8.32. The lowest BCUT2D eigenvalue weighted by molar-refractivity contribution is 0.181. The van der Waals surface area contributed by atoms with Crippen molar-refractivity contribution in [2.45, 2.75) is 58.6 Å². The van der Waals surface area contributed by atoms with Crippen molar-refractivity contribution in [1.29, 1.82) is 0 Å². The summed E-state index contributed by atoms with van der Waals surface area (Å²) in [7, 11) is 1.66. The third kappa shape index (κ3) is 4.86. The van der Waals surface area contributed by atoms with E-state index in [0.29, 0.717) is 17.7 Å². The van der Waals surface area contributed by atoms with Crippen LogP contribution in [0.2, 0.25) is 5.02 Å². The van der Waals surface area contributed by atoms with E-state index in [1.54, 1.807) is 13.3 Å². The molecule has 0 unspecified atom stereocenters. The van der Waals surface area contributed by atoms with Gasteiger partial charge in [-0.3, -0.25) is 4.98 Å². The van der Waals surface area contributed by atoms with Crippen LogP contribution >= 0.6 is 11.6 Å². The van der Waals surface area contributed by atoms with Gasteiger partial charge in [0.05, 0.1) is 23.0 Å². The molecule has 0 bridgehead atoms. The van der Waals surface area contributed by atoms with E-state index in [9.17, 15) is 0 Å². The lowest BCUT2D eigenvalue weighted by atomic mass is 9.96. The molecule has 21 heavy (non-hydrogen) atoms. The van der Waals surface area contributed by atoms with Crippen LogP contribution in [0.25, 0.3) is 0 Å². The molecule has 1 aliphatic rings. The highest BCUT2D eigenvalue weighted by Crippen LogP contribution is 2.34. The van der Waals surface area contributed by atoms with Gasteiger partial charge >= 0.3 is 0 Å². The topological polar surface area (TPSA) is 34.1 Å². The number of aromatic nitrogens is 1. The fourth-order valence-corrected chi connectivity index (χ4v) is 3.31. The average Bonchev–Trinajstić information content (AvgIpc) is 2.89. The second-order valence-corrected chi connectivity index (χ2v) is 6.92. The molecule has 3 nitrogen and oxygen atoms in total. The van der Waals surface area contributed by atoms with E-state index in [1.807, 2.05) is 6.07 Å². The van der Waals surface area contributed by atoms with E-state index in [1.165, 1.54) is 32.1 Å². The Labute approximate surface area is 133 Å². The van der Waals surface area contributed by atoms with E-state index in [0.717, 1.165) is 23.2 Å². The molecular formula is C17H27ClN2O. The van der Waals surface area contributed by atoms with Gasteiger partial charge in [-0.25, -0.2) is 0 Å². The van der Waals surface area contributed by atoms with Gasteiger partial charge in [0.1, 0.15) is 0 Å². The monoisotopic (exact) mass is 310 g/mol. The van der Waals surface area contributed by atoms with Crippen molar-refractivity contribution in [2.75, 3.05) is 12.4 Å². The maximum absolute atomic E-state index is 6.40. The first-order valence-corrected chi connectivity index (χ1v) is 8.36. The molecule has 0 saturated heterocycles. The number of pyridine rings is 1. The Morgan fingerprint density at radius 3 is 2.95 bits per heavy atom. The maximum atomic E-state index is 6.40. The zero-order valence-corrected chi connectivity index (χ0v) is 14.1. The molecule has 1 aromatic rings. The minimum Gasteiger partial charge on any atom is -0.381 e. The first kappa shape index (κ1) is 16.6. The predicted octanol–water partition coefficient (Wildman–Crippen LogP) is 4.90. The SMILES string of the molecule is COCc1nccc(N[C@@H]2CC[C@H](CCC(C)C)C2)c1Cl. The van der Waals surface area contributed by atoms with Crippen LogP contribution in [0.3, 0.4) is 0 Å². The minimum atomic E-state index is 0.454. The van der Waals surface area contributed by atoms with Crippen molar-refractivity contribution in [2.24, 2.45) is 11.8 Å². The molecule has 0 aliphatic heterocycles. The Bertz CT molecular complexity index is 450. The molecule has 1 fully saturated rings. The van der Waals surface area contributed by atoms with E-state index >= 15 is 0 Å². The number of ether oxygens (including phenoxy) is 1. The van der Waals surface area contributed by atoms with E-state index in [2.05, 4.69) is 24.1 Å². The second-order valence-electron chi connectivity index (χ2n) is 6.54. The van der Waals surface area contributed by atoms with E-state index in [4.69, 9.17) is 16.3 Å². The van der Waals surface area contributed by atoms with Crippen molar-refractivity contribution in [1.82, 2.24) is 4.98 Å². The highest BCUT2D eigenvalue weighted by atomic mass is 35.5. The molecule has 0 spiro atoms. The number of halogens is 1. The van der Waals surface area contributed by atoms with Crippen molar-refractivity contribution < 1.29 is 4.74 Å². The van der Waals surface area contributed by atoms with Gasteiger partial charge in [-0.05, 0) is 37.2 Å². The standard InChI is InChI=1S/C17H27ClN2O/c1-12(2)4-5-13-6-7-14(10-13)20-15-8-9-19-16(11-21-3)17(15)18/h8-9,12-14H,4-7,10-11H2,1-3H3,(H,19,20)/t13-,14+/m0/s1. The quantitative estimate of drug-likeness (QED) is 0.778. The molecule has 1 saturated carbocycles. The molecule has 1 heterocycles. The van der Waals surface area contributed by atoms with Crippen LogP contribution in [-0.4, -0.2) is 18.1 Å². The molecule has 1 aromatic heterocycles. The average molecular weight is 311 g/mol. The molecule has 0 amide bonds. The zero-order chi connectivity index (χ0) is 15.2. The van der Waals surface area contributed by atoms with Gasteiger partial charge in [-0.1, -0.05) is 38.3 Å². The fraction of sp³-hybridized carbons (Fsp3) is 0.706. The molecule has 0 aromatic carbocycles. The highest BCUT2D eigenvalue weighted by Gasteiger charge is 2.25. The smallest absolute Gasteiger partial charge is 0.0900 e. The number of nitrogens with zero attached hydrogens (tertiary/aromatic N) is 1. The van der Waals surface area contributed by atoms with Crippen LogP contribution in [0, 0.1) is 11.8 Å². The Hall–Kier alpha value is -0.800. The summed E-state index contributed by atoms with van der Waals surface area (Å²) < 4.78 is 5.13. The fourth-order valence-electron chi connectivity index (χ4n) is 3.09. The van der Waals surface area contributed by atoms with Gasteiger partial charge in [0.15, 0.2) is 0 Å². The van der Waals surface area contributed by atoms with Crippen LogP contribution in [0.5, 0.6) is 0 Å². The van der Waals surface area contributed by atoms with Crippen molar-refractivity contribution in [3.05, 3.63) is 23.0 Å². The molecule has 118 valence electrons. The van der Waals surface area contributed by atoms with Gasteiger partial charge in [0, 0.05) is 19.3 Å². The molecule has 1 aliphatic carbocycles. The summed E-state index contributed by atoms with van der Waals surface area (Å²) in [4.78, 5) is 4.27. The van der Waals surface area contributed by atoms with Gasteiger partial charge < -0.3 is 10.1 Å². The Morgan fingerprint density at radius 1 is 1.43 bits per heavy atom. The summed E-state index contributed by atoms with van der Waals surface area (Å²) in [5, 5.41) is 4.30. The largest absolute Gasteiger partial charge is 0.381 e. The number of anilines is 1. The predicted molar refractivity (Wildman–Crippen MR) is 88.8 cm³/mol. The number of hydrogen-bond donors (Lipinski definition) is 1. The van der Waals surface area contributed by atoms with Crippen molar-refractivity contribution in [3.63, 3.8) is 0 Å². The number of methoxy groups -OCH3 is 1. The van der Waals surface area contributed by atoms with Crippen molar-refractivity contribution >= 4 is 17.3 Å². The summed E-state index contributed by atoms with van der Waals surface area (Å²) in [5.74, 6) is 1.67. The number of nitrogens with one attached hydrogen (secondary N) is 1. The first-order valence-electron chi connectivity index (χ1n) is 7.99. The minimum absolute atomic E-state index is 0.454. The van der Waals surface area contributed by atoms with Crippen LogP contribution in [0.1, 0.15) is 51.6 Å². The van der Waals surface area contributed by atoms with Gasteiger partial charge in [0.2, 0.25) is 0 Å². The third-order valence-electron chi connectivity index (χ3n) is 4.30. The lowest BCUT2D eigenvalue weighted by Gasteiger charge is -2.17. The van der Waals surface area contributed by atoms with Crippen molar-refractivity contribution in [3.8, 4) is 0 Å². The van der Waals surface area contributed by atoms with Crippen LogP contribution in [0.4, 0.5) is 5.69 Å². The number of hydrogen-bond acceptors (Lipinski definition) is 3. The summed E-state index contributed by atoms with van der Waals surface area (Å²) in [6, 6.07) is 2.50. The Balaban J connectivity index is 1.89. The van der Waals surface area contributed by atoms with Gasteiger partial charge in [-0.15, -0.1) is 0 Å². The van der Waals surface area contributed by atoms with E-state index in [-0.39, 0.29) is 0 Å². The zero-order valence-electron chi connectivity index (χ0n) is 13.4. The summed E-state index contributed by atoms with van der Waals surface area (Å²) in [6.45, 7) is 5.06. The van der Waals surface area contributed by atoms with Gasteiger partial charge in [-0.2, -0.15) is 0 Å². The summed E-state index contributed by atoms with van der Waals surface area (Å²) in [5.41, 5.74) is 1.80. The lowest BCUT2D eigenvalue weighted by Crippen LogP contribution is -2.16.